The van der Waals surface area contributed by atoms with E-state index in [1.807, 2.05) is 11.0 Å². The van der Waals surface area contributed by atoms with Crippen LogP contribution in [0, 0.1) is 0 Å². The normalized spacial score (nSPS) is 14.4. The van der Waals surface area contributed by atoms with Crippen molar-refractivity contribution < 1.29 is 22.7 Å². The Morgan fingerprint density at radius 3 is 2.33 bits per heavy atom. The molecule has 0 saturated carbocycles. The van der Waals surface area contributed by atoms with Crippen molar-refractivity contribution in [2.45, 2.75) is 12.6 Å². The third-order valence-electron chi connectivity index (χ3n) is 4.79. The highest BCUT2D eigenvalue weighted by Gasteiger charge is 2.31. The molecule has 0 radical (unpaired) electrons. The van der Waals surface area contributed by atoms with E-state index >= 15 is 0 Å². The van der Waals surface area contributed by atoms with Gasteiger partial charge in [0.25, 0.3) is 0 Å². The Morgan fingerprint density at radius 1 is 0.967 bits per heavy atom. The highest BCUT2D eigenvalue weighted by molar-refractivity contribution is 5.85. The van der Waals surface area contributed by atoms with E-state index in [-0.39, 0.29) is 24.8 Å². The van der Waals surface area contributed by atoms with Crippen LogP contribution in [-0.4, -0.2) is 50.5 Å². The lowest BCUT2D eigenvalue weighted by molar-refractivity contribution is -0.137. The van der Waals surface area contributed by atoms with Gasteiger partial charge in [-0.3, -0.25) is 9.69 Å². The zero-order chi connectivity index (χ0) is 20.0. The van der Waals surface area contributed by atoms with E-state index < -0.39 is 11.7 Å². The molecule has 4 nitrogen and oxygen atoms in total. The summed E-state index contributed by atoms with van der Waals surface area (Å²) >= 11 is 0. The molecule has 30 heavy (non-hydrogen) atoms. The number of alkyl halides is 3. The summed E-state index contributed by atoms with van der Waals surface area (Å²) in [6.45, 7) is 4.42. The van der Waals surface area contributed by atoms with Crippen molar-refractivity contribution in [3.05, 3.63) is 59.7 Å². The number of halogens is 5. The molecule has 1 heterocycles. The van der Waals surface area contributed by atoms with Crippen LogP contribution < -0.4 is 9.64 Å². The van der Waals surface area contributed by atoms with Crippen molar-refractivity contribution in [1.82, 2.24) is 4.90 Å². The number of anilines is 1. The van der Waals surface area contributed by atoms with Crippen molar-refractivity contribution in [2.75, 3.05) is 44.2 Å². The molecule has 2 aromatic rings. The van der Waals surface area contributed by atoms with Gasteiger partial charge in [-0.1, -0.05) is 18.2 Å². The van der Waals surface area contributed by atoms with Crippen molar-refractivity contribution in [1.29, 1.82) is 0 Å². The summed E-state index contributed by atoms with van der Waals surface area (Å²) in [5, 5.41) is 0. The number of carbonyl (C=O) groups excluding carboxylic acids is 1. The summed E-state index contributed by atoms with van der Waals surface area (Å²) in [5.74, 6) is 0.680. The molecule has 1 aliphatic rings. The van der Waals surface area contributed by atoms with Gasteiger partial charge in [0.1, 0.15) is 12.0 Å². The molecule has 0 amide bonds. The first-order valence-electron chi connectivity index (χ1n) is 9.28. The van der Waals surface area contributed by atoms with Gasteiger partial charge in [0.15, 0.2) is 0 Å². The minimum Gasteiger partial charge on any atom is -0.494 e. The molecule has 0 unspecified atom stereocenters. The number of hydrogen-bond donors (Lipinski definition) is 0. The van der Waals surface area contributed by atoms with Crippen molar-refractivity contribution in [3.8, 4) is 5.75 Å². The first-order valence-corrected chi connectivity index (χ1v) is 9.28. The van der Waals surface area contributed by atoms with Crippen LogP contribution in [0.5, 0.6) is 5.75 Å². The average Bonchev–Trinajstić information content (AvgIpc) is 2.71. The molecule has 0 aliphatic carbocycles. The Bertz CT molecular complexity index is 798. The van der Waals surface area contributed by atoms with E-state index in [0.717, 1.165) is 38.4 Å². The van der Waals surface area contributed by atoms with Crippen LogP contribution in [0.25, 0.3) is 0 Å². The van der Waals surface area contributed by atoms with Gasteiger partial charge in [-0.15, -0.1) is 24.8 Å². The maximum Gasteiger partial charge on any atom is 0.416 e. The maximum atomic E-state index is 12.9. The zero-order valence-corrected chi connectivity index (χ0v) is 17.9. The van der Waals surface area contributed by atoms with E-state index in [4.69, 9.17) is 4.74 Å². The van der Waals surface area contributed by atoms with Crippen LogP contribution in [0.3, 0.4) is 0 Å². The average molecular weight is 465 g/mol. The Morgan fingerprint density at radius 2 is 1.67 bits per heavy atom. The molecule has 0 aromatic heterocycles. The molecule has 1 saturated heterocycles. The first-order chi connectivity index (χ1) is 13.5. The van der Waals surface area contributed by atoms with E-state index in [1.165, 1.54) is 12.1 Å². The van der Waals surface area contributed by atoms with Gasteiger partial charge in [-0.05, 0) is 36.8 Å². The van der Waals surface area contributed by atoms with E-state index in [9.17, 15) is 18.0 Å². The quantitative estimate of drug-likeness (QED) is 0.428. The predicted molar refractivity (Wildman–Crippen MR) is 117 cm³/mol. The summed E-state index contributed by atoms with van der Waals surface area (Å²) in [4.78, 5) is 15.1. The number of carbonyl (C=O) groups is 1. The molecule has 9 heteroatoms. The smallest absolute Gasteiger partial charge is 0.416 e. The zero-order valence-electron chi connectivity index (χ0n) is 16.3. The summed E-state index contributed by atoms with van der Waals surface area (Å²) in [5.41, 5.74) is 0.597. The first kappa shape index (κ1) is 26.1. The molecule has 2 aromatic carbocycles. The monoisotopic (exact) mass is 464 g/mol. The fraction of sp³-hybridized carbons (Fsp3) is 0.381. The number of ether oxygens (including phenoxy) is 1. The van der Waals surface area contributed by atoms with Gasteiger partial charge in [0.2, 0.25) is 0 Å². The van der Waals surface area contributed by atoms with Crippen LogP contribution in [0.15, 0.2) is 48.5 Å². The molecule has 0 atom stereocenters. The molecular weight excluding hydrogens is 440 g/mol. The number of rotatable bonds is 7. The van der Waals surface area contributed by atoms with Crippen molar-refractivity contribution in [3.63, 3.8) is 0 Å². The molecule has 0 bridgehead atoms. The van der Waals surface area contributed by atoms with E-state index in [1.54, 1.807) is 24.3 Å². The number of nitrogens with zero attached hydrogens (tertiary/aromatic N) is 2. The Balaban J connectivity index is 0.00000225. The lowest BCUT2D eigenvalue weighted by Gasteiger charge is -2.36. The van der Waals surface area contributed by atoms with Gasteiger partial charge in [0.05, 0.1) is 12.2 Å². The number of hydrogen-bond acceptors (Lipinski definition) is 4. The Kier molecular flexibility index (Phi) is 10.5. The molecule has 1 aliphatic heterocycles. The van der Waals surface area contributed by atoms with Crippen LogP contribution >= 0.6 is 24.8 Å². The molecule has 1 fully saturated rings. The lowest BCUT2D eigenvalue weighted by atomic mass is 10.1. The highest BCUT2D eigenvalue weighted by Crippen LogP contribution is 2.31. The number of aldehydes is 1. The summed E-state index contributed by atoms with van der Waals surface area (Å²) in [6, 6.07) is 12.5. The predicted octanol–water partition coefficient (Wildman–Crippen LogP) is 4.95. The maximum absolute atomic E-state index is 12.9. The second kappa shape index (κ2) is 12.0. The summed E-state index contributed by atoms with van der Waals surface area (Å²) in [6.07, 6.45) is -2.69. The third-order valence-corrected chi connectivity index (χ3v) is 4.79. The second-order valence-corrected chi connectivity index (χ2v) is 6.77. The number of piperazine rings is 1. The van der Waals surface area contributed by atoms with Crippen molar-refractivity contribution >= 4 is 36.8 Å². The summed E-state index contributed by atoms with van der Waals surface area (Å²) < 4.78 is 44.3. The van der Waals surface area contributed by atoms with Gasteiger partial charge >= 0.3 is 6.18 Å². The van der Waals surface area contributed by atoms with Gasteiger partial charge in [-0.2, -0.15) is 13.2 Å². The van der Waals surface area contributed by atoms with Crippen LogP contribution in [0.2, 0.25) is 0 Å². The Hall–Kier alpha value is -1.96. The van der Waals surface area contributed by atoms with E-state index in [2.05, 4.69) is 4.90 Å². The van der Waals surface area contributed by atoms with Crippen LogP contribution in [-0.2, 0) is 6.18 Å². The molecule has 3 rings (SSSR count). The summed E-state index contributed by atoms with van der Waals surface area (Å²) in [7, 11) is 0. The molecular formula is C21H25Cl2F3N2O2. The van der Waals surface area contributed by atoms with Gasteiger partial charge in [0, 0.05) is 44.0 Å². The van der Waals surface area contributed by atoms with Crippen LogP contribution in [0.4, 0.5) is 18.9 Å². The second-order valence-electron chi connectivity index (χ2n) is 6.77. The number of benzene rings is 2. The van der Waals surface area contributed by atoms with Crippen molar-refractivity contribution in [2.24, 2.45) is 0 Å². The van der Waals surface area contributed by atoms with Gasteiger partial charge < -0.3 is 9.64 Å². The third kappa shape index (κ3) is 7.38. The topological polar surface area (TPSA) is 32.8 Å². The minimum absolute atomic E-state index is 0. The lowest BCUT2D eigenvalue weighted by Crippen LogP contribution is -2.46. The van der Waals surface area contributed by atoms with Gasteiger partial charge in [-0.25, -0.2) is 0 Å². The minimum atomic E-state index is -4.32. The SMILES string of the molecule is Cl.Cl.O=Cc1cccc(OCCCN2CCN(c3cccc(C(F)(F)F)c3)CC2)c1. The fourth-order valence-electron chi connectivity index (χ4n) is 3.26. The van der Waals surface area contributed by atoms with Crippen LogP contribution in [0.1, 0.15) is 22.3 Å². The van der Waals surface area contributed by atoms with E-state index in [0.29, 0.717) is 36.7 Å². The molecule has 0 spiro atoms. The molecule has 166 valence electrons. The highest BCUT2D eigenvalue weighted by atomic mass is 35.5. The Labute approximate surface area is 186 Å². The fourth-order valence-corrected chi connectivity index (χ4v) is 3.26. The molecule has 0 N–H and O–H groups in total. The largest absolute Gasteiger partial charge is 0.494 e. The standard InChI is InChI=1S/C21H23F3N2O2.2ClH/c22-21(23,24)18-5-2-6-19(15-18)26-11-9-25(10-12-26)8-3-13-28-20-7-1-4-17(14-20)16-27;;/h1-2,4-7,14-16H,3,8-13H2;2*1H.